The van der Waals surface area contributed by atoms with Crippen molar-refractivity contribution in [1.29, 1.82) is 0 Å². The van der Waals surface area contributed by atoms with Crippen LogP contribution in [0.2, 0.25) is 0 Å². The molecule has 0 bridgehead atoms. The molecule has 1 heterocycles. The van der Waals surface area contributed by atoms with Crippen LogP contribution >= 0.6 is 0 Å². The van der Waals surface area contributed by atoms with Crippen LogP contribution in [0.25, 0.3) is 0 Å². The van der Waals surface area contributed by atoms with Crippen LogP contribution in [0.1, 0.15) is 46.0 Å². The number of rotatable bonds is 3. The van der Waals surface area contributed by atoms with Crippen molar-refractivity contribution in [3.05, 3.63) is 0 Å². The Balaban J connectivity index is 1.92. The van der Waals surface area contributed by atoms with Crippen molar-refractivity contribution in [3.63, 3.8) is 0 Å². The van der Waals surface area contributed by atoms with Gasteiger partial charge in [-0.1, -0.05) is 13.8 Å². The molecule has 1 saturated heterocycles. The zero-order valence-corrected chi connectivity index (χ0v) is 11.2. The molecular formula is C14H27NO2. The van der Waals surface area contributed by atoms with Crippen LogP contribution in [0.4, 0.5) is 0 Å². The molecule has 0 aromatic carbocycles. The van der Waals surface area contributed by atoms with Crippen LogP contribution in [-0.2, 0) is 0 Å². The van der Waals surface area contributed by atoms with E-state index in [1.54, 1.807) is 0 Å². The summed E-state index contributed by atoms with van der Waals surface area (Å²) in [6, 6.07) is 0.340. The van der Waals surface area contributed by atoms with Gasteiger partial charge in [-0.25, -0.2) is 0 Å². The van der Waals surface area contributed by atoms with E-state index in [0.717, 1.165) is 38.8 Å². The van der Waals surface area contributed by atoms with Crippen LogP contribution in [0.5, 0.6) is 0 Å². The molecule has 3 unspecified atom stereocenters. The molecule has 17 heavy (non-hydrogen) atoms. The lowest BCUT2D eigenvalue weighted by Gasteiger charge is -2.41. The van der Waals surface area contributed by atoms with E-state index in [1.807, 2.05) is 0 Å². The molecule has 1 aliphatic carbocycles. The SMILES string of the molecule is CC1(C)CCC(O)C(CN2CCCC2CO)C1. The molecule has 3 nitrogen and oxygen atoms in total. The van der Waals surface area contributed by atoms with E-state index in [9.17, 15) is 10.2 Å². The smallest absolute Gasteiger partial charge is 0.0586 e. The summed E-state index contributed by atoms with van der Waals surface area (Å²) in [5, 5.41) is 19.5. The summed E-state index contributed by atoms with van der Waals surface area (Å²) in [6.07, 6.45) is 5.36. The highest BCUT2D eigenvalue weighted by molar-refractivity contribution is 4.89. The van der Waals surface area contributed by atoms with Gasteiger partial charge in [-0.2, -0.15) is 0 Å². The van der Waals surface area contributed by atoms with Gasteiger partial charge in [0, 0.05) is 12.6 Å². The number of likely N-dealkylation sites (tertiary alicyclic amines) is 1. The number of nitrogens with zero attached hydrogens (tertiary/aromatic N) is 1. The first-order valence-electron chi connectivity index (χ1n) is 7.05. The molecule has 100 valence electrons. The first-order chi connectivity index (χ1) is 8.02. The normalized spacial score (nSPS) is 38.5. The Labute approximate surface area is 105 Å². The highest BCUT2D eigenvalue weighted by atomic mass is 16.3. The Hall–Kier alpha value is -0.120. The zero-order chi connectivity index (χ0) is 12.5. The quantitative estimate of drug-likeness (QED) is 0.789. The summed E-state index contributed by atoms with van der Waals surface area (Å²) in [4.78, 5) is 2.38. The van der Waals surface area contributed by atoms with Crippen molar-refractivity contribution < 1.29 is 10.2 Å². The monoisotopic (exact) mass is 241 g/mol. The first kappa shape index (κ1) is 13.3. The maximum atomic E-state index is 10.1. The van der Waals surface area contributed by atoms with Crippen molar-refractivity contribution in [2.75, 3.05) is 19.7 Å². The predicted octanol–water partition coefficient (Wildman–Crippen LogP) is 1.63. The molecule has 2 aliphatic rings. The van der Waals surface area contributed by atoms with Gasteiger partial charge in [0.05, 0.1) is 12.7 Å². The maximum Gasteiger partial charge on any atom is 0.0586 e. The van der Waals surface area contributed by atoms with E-state index in [-0.39, 0.29) is 12.7 Å². The van der Waals surface area contributed by atoms with Crippen LogP contribution in [-0.4, -0.2) is 47.0 Å². The molecule has 0 radical (unpaired) electrons. The minimum atomic E-state index is -0.136. The van der Waals surface area contributed by atoms with Crippen molar-refractivity contribution in [2.45, 2.75) is 58.1 Å². The fraction of sp³-hybridized carbons (Fsp3) is 1.00. The number of hydrogen-bond acceptors (Lipinski definition) is 3. The third-order valence-corrected chi connectivity index (χ3v) is 4.65. The minimum Gasteiger partial charge on any atom is -0.395 e. The van der Waals surface area contributed by atoms with Gasteiger partial charge in [0.1, 0.15) is 0 Å². The number of hydrogen-bond donors (Lipinski definition) is 2. The molecule has 1 saturated carbocycles. The number of aliphatic hydroxyl groups excluding tert-OH is 2. The van der Waals surface area contributed by atoms with E-state index < -0.39 is 0 Å². The van der Waals surface area contributed by atoms with E-state index in [0.29, 0.717) is 17.4 Å². The van der Waals surface area contributed by atoms with Crippen LogP contribution in [0, 0.1) is 11.3 Å². The Bertz CT molecular complexity index is 255. The van der Waals surface area contributed by atoms with Crippen molar-refractivity contribution in [3.8, 4) is 0 Å². The van der Waals surface area contributed by atoms with E-state index in [4.69, 9.17) is 0 Å². The Kier molecular flexibility index (Phi) is 4.11. The molecule has 2 rings (SSSR count). The van der Waals surface area contributed by atoms with E-state index in [2.05, 4.69) is 18.7 Å². The summed E-state index contributed by atoms with van der Waals surface area (Å²) >= 11 is 0. The lowest BCUT2D eigenvalue weighted by atomic mass is 9.70. The highest BCUT2D eigenvalue weighted by Crippen LogP contribution is 2.39. The molecule has 0 aromatic heterocycles. The van der Waals surface area contributed by atoms with Crippen molar-refractivity contribution in [1.82, 2.24) is 4.90 Å². The van der Waals surface area contributed by atoms with Crippen LogP contribution < -0.4 is 0 Å². The third-order valence-electron chi connectivity index (χ3n) is 4.65. The van der Waals surface area contributed by atoms with Crippen molar-refractivity contribution in [2.24, 2.45) is 11.3 Å². The molecular weight excluding hydrogens is 214 g/mol. The second-order valence-electron chi connectivity index (χ2n) is 6.71. The summed E-state index contributed by atoms with van der Waals surface area (Å²) in [5.41, 5.74) is 0.373. The van der Waals surface area contributed by atoms with Gasteiger partial charge in [-0.3, -0.25) is 4.90 Å². The topological polar surface area (TPSA) is 43.7 Å². The molecule has 2 fully saturated rings. The molecule has 0 spiro atoms. The highest BCUT2D eigenvalue weighted by Gasteiger charge is 2.36. The zero-order valence-electron chi connectivity index (χ0n) is 11.2. The maximum absolute atomic E-state index is 10.1. The first-order valence-corrected chi connectivity index (χ1v) is 7.05. The summed E-state index contributed by atoms with van der Waals surface area (Å²) in [7, 11) is 0. The molecule has 0 amide bonds. The van der Waals surface area contributed by atoms with Gasteiger partial charge >= 0.3 is 0 Å². The average molecular weight is 241 g/mol. The standard InChI is InChI=1S/C14H27NO2/c1-14(2)6-5-13(17)11(8-14)9-15-7-3-4-12(15)10-16/h11-13,16-17H,3-10H2,1-2H3. The lowest BCUT2D eigenvalue weighted by molar-refractivity contribution is -0.00112. The summed E-state index contributed by atoms with van der Waals surface area (Å²) in [6.45, 7) is 6.94. The predicted molar refractivity (Wildman–Crippen MR) is 68.8 cm³/mol. The second kappa shape index (κ2) is 5.25. The molecule has 3 heteroatoms. The summed E-state index contributed by atoms with van der Waals surface area (Å²) < 4.78 is 0. The van der Waals surface area contributed by atoms with Crippen LogP contribution in [0.15, 0.2) is 0 Å². The van der Waals surface area contributed by atoms with E-state index in [1.165, 1.54) is 6.42 Å². The average Bonchev–Trinajstić information content (AvgIpc) is 2.70. The van der Waals surface area contributed by atoms with Gasteiger partial charge in [0.25, 0.3) is 0 Å². The van der Waals surface area contributed by atoms with Gasteiger partial charge in [-0.05, 0) is 50.0 Å². The third kappa shape index (κ3) is 3.21. The molecule has 1 aliphatic heterocycles. The second-order valence-corrected chi connectivity index (χ2v) is 6.71. The summed E-state index contributed by atoms with van der Waals surface area (Å²) in [5.74, 6) is 0.394. The lowest BCUT2D eigenvalue weighted by Crippen LogP contribution is -2.43. The minimum absolute atomic E-state index is 0.136. The van der Waals surface area contributed by atoms with Gasteiger partial charge in [0.15, 0.2) is 0 Å². The van der Waals surface area contributed by atoms with E-state index >= 15 is 0 Å². The number of aliphatic hydroxyl groups is 2. The Morgan fingerprint density at radius 3 is 2.76 bits per heavy atom. The van der Waals surface area contributed by atoms with Gasteiger partial charge in [-0.15, -0.1) is 0 Å². The fourth-order valence-corrected chi connectivity index (χ4v) is 3.55. The van der Waals surface area contributed by atoms with Gasteiger partial charge < -0.3 is 10.2 Å². The molecule has 0 aromatic rings. The molecule has 2 N–H and O–H groups in total. The Morgan fingerprint density at radius 1 is 1.29 bits per heavy atom. The van der Waals surface area contributed by atoms with Gasteiger partial charge in [0.2, 0.25) is 0 Å². The fourth-order valence-electron chi connectivity index (χ4n) is 3.55. The Morgan fingerprint density at radius 2 is 2.06 bits per heavy atom. The van der Waals surface area contributed by atoms with Crippen LogP contribution in [0.3, 0.4) is 0 Å². The largest absolute Gasteiger partial charge is 0.395 e. The van der Waals surface area contributed by atoms with Crippen molar-refractivity contribution >= 4 is 0 Å². The molecule has 3 atom stereocenters.